The molecule has 0 spiro atoms. The van der Waals surface area contributed by atoms with Gasteiger partial charge in [-0.3, -0.25) is 0 Å². The van der Waals surface area contributed by atoms with Crippen LogP contribution in [0.2, 0.25) is 0 Å². The molecule has 27 heavy (non-hydrogen) atoms. The molecule has 2 aliphatic rings. The van der Waals surface area contributed by atoms with Gasteiger partial charge in [0.05, 0.1) is 21.3 Å². The Kier molecular flexibility index (Phi) is 4.50. The zero-order valence-electron chi connectivity index (χ0n) is 15.6. The van der Waals surface area contributed by atoms with Gasteiger partial charge in [0.25, 0.3) is 0 Å². The Hall–Kier alpha value is -2.11. The topological polar surface area (TPSA) is 50.7 Å². The Labute approximate surface area is 164 Å². The van der Waals surface area contributed by atoms with Crippen molar-refractivity contribution in [1.82, 2.24) is 20.3 Å². The van der Waals surface area contributed by atoms with E-state index in [2.05, 4.69) is 41.5 Å². The van der Waals surface area contributed by atoms with Crippen LogP contribution < -0.4 is 5.32 Å². The van der Waals surface area contributed by atoms with E-state index < -0.39 is 0 Å². The third-order valence-electron chi connectivity index (χ3n) is 5.60. The molecular formula is C22H24N4S. The summed E-state index contributed by atoms with van der Waals surface area (Å²) in [6, 6.07) is 8.68. The van der Waals surface area contributed by atoms with Crippen molar-refractivity contribution in [3.05, 3.63) is 52.9 Å². The van der Waals surface area contributed by atoms with E-state index in [0.717, 1.165) is 24.5 Å². The van der Waals surface area contributed by atoms with E-state index in [9.17, 15) is 0 Å². The number of thiazole rings is 1. The normalized spacial score (nSPS) is 18.0. The van der Waals surface area contributed by atoms with E-state index in [4.69, 9.17) is 9.97 Å². The smallest absolute Gasteiger partial charge is 0.116 e. The lowest BCUT2D eigenvalue weighted by atomic mass is 9.99. The lowest BCUT2D eigenvalue weighted by Crippen LogP contribution is -2.26. The van der Waals surface area contributed by atoms with Crippen LogP contribution in [0.25, 0.3) is 21.8 Å². The summed E-state index contributed by atoms with van der Waals surface area (Å²) in [5, 5.41) is 4.73. The second kappa shape index (κ2) is 7.13. The summed E-state index contributed by atoms with van der Waals surface area (Å²) < 4.78 is 0. The molecule has 0 amide bonds. The highest BCUT2D eigenvalue weighted by atomic mass is 32.1. The molecule has 2 aromatic heterocycles. The van der Waals surface area contributed by atoms with Gasteiger partial charge in [-0.1, -0.05) is 23.8 Å². The van der Waals surface area contributed by atoms with Gasteiger partial charge in [0.1, 0.15) is 6.33 Å². The van der Waals surface area contributed by atoms with Crippen LogP contribution in [-0.4, -0.2) is 28.0 Å². The molecule has 4 nitrogen and oxygen atoms in total. The van der Waals surface area contributed by atoms with Gasteiger partial charge in [-0.25, -0.2) is 15.0 Å². The molecule has 1 aliphatic carbocycles. The average Bonchev–Trinajstić information content (AvgIpc) is 3.47. The summed E-state index contributed by atoms with van der Waals surface area (Å²) in [5.41, 5.74) is 5.95. The Morgan fingerprint density at radius 3 is 2.67 bits per heavy atom. The molecule has 0 bridgehead atoms. The fraction of sp³-hybridized carbons (Fsp3) is 0.409. The highest BCUT2D eigenvalue weighted by molar-refractivity contribution is 7.15. The van der Waals surface area contributed by atoms with E-state index >= 15 is 0 Å². The summed E-state index contributed by atoms with van der Waals surface area (Å²) in [6.45, 7) is 4.31. The van der Waals surface area contributed by atoms with E-state index in [0.29, 0.717) is 11.8 Å². The summed E-state index contributed by atoms with van der Waals surface area (Å²) in [5.74, 6) is 1.18. The lowest BCUT2D eigenvalue weighted by Gasteiger charge is -2.20. The standard InChI is InChI=1S/C22H24N4S/c1-14-3-2-4-17(11-14)19-21(20-18(15-5-6-15)12-24-13-25-20)27-22(26-19)16-7-9-23-10-8-16/h2-4,11-13,15-16,23H,5-10H2,1H3. The van der Waals surface area contributed by atoms with Gasteiger partial charge in [-0.15, -0.1) is 11.3 Å². The number of aromatic nitrogens is 3. The predicted molar refractivity (Wildman–Crippen MR) is 110 cm³/mol. The number of piperidine rings is 1. The largest absolute Gasteiger partial charge is 0.317 e. The van der Waals surface area contributed by atoms with Crippen molar-refractivity contribution in [1.29, 1.82) is 0 Å². The molecule has 138 valence electrons. The summed E-state index contributed by atoms with van der Waals surface area (Å²) in [7, 11) is 0. The molecule has 3 heterocycles. The number of aryl methyl sites for hydroxylation is 1. The van der Waals surface area contributed by atoms with Gasteiger partial charge in [-0.2, -0.15) is 0 Å². The van der Waals surface area contributed by atoms with E-state index in [1.807, 2.05) is 17.5 Å². The van der Waals surface area contributed by atoms with Crippen LogP contribution in [0, 0.1) is 6.92 Å². The van der Waals surface area contributed by atoms with Crippen molar-refractivity contribution < 1.29 is 0 Å². The molecular weight excluding hydrogens is 352 g/mol. The zero-order valence-corrected chi connectivity index (χ0v) is 16.4. The quantitative estimate of drug-likeness (QED) is 0.702. The molecule has 1 N–H and O–H groups in total. The van der Waals surface area contributed by atoms with Gasteiger partial charge >= 0.3 is 0 Å². The third-order valence-corrected chi connectivity index (χ3v) is 6.82. The summed E-state index contributed by atoms with van der Waals surface area (Å²) in [4.78, 5) is 15.4. The Morgan fingerprint density at radius 1 is 1.04 bits per heavy atom. The van der Waals surface area contributed by atoms with Gasteiger partial charge in [0.15, 0.2) is 0 Å². The van der Waals surface area contributed by atoms with Crippen LogP contribution in [0.4, 0.5) is 0 Å². The first-order chi connectivity index (χ1) is 13.3. The Bertz CT molecular complexity index is 954. The molecule has 1 saturated heterocycles. The molecule has 1 aliphatic heterocycles. The van der Waals surface area contributed by atoms with Gasteiger partial charge in [0, 0.05) is 23.2 Å². The monoisotopic (exact) mass is 376 g/mol. The second-order valence-electron chi connectivity index (χ2n) is 7.72. The maximum Gasteiger partial charge on any atom is 0.116 e. The second-order valence-corrected chi connectivity index (χ2v) is 8.76. The maximum absolute atomic E-state index is 5.17. The SMILES string of the molecule is Cc1cccc(-c2nc(C3CCNCC3)sc2-c2ncncc2C2CC2)c1. The number of hydrogen-bond acceptors (Lipinski definition) is 5. The van der Waals surface area contributed by atoms with Gasteiger partial charge < -0.3 is 5.32 Å². The van der Waals surface area contributed by atoms with Crippen LogP contribution >= 0.6 is 11.3 Å². The summed E-state index contributed by atoms with van der Waals surface area (Å²) in [6.07, 6.45) is 8.54. The zero-order chi connectivity index (χ0) is 18.2. The molecule has 0 unspecified atom stereocenters. The minimum atomic E-state index is 0.555. The first-order valence-corrected chi connectivity index (χ1v) is 10.7. The van der Waals surface area contributed by atoms with E-state index in [1.54, 1.807) is 6.33 Å². The number of rotatable bonds is 4. The first kappa shape index (κ1) is 17.0. The molecule has 2 fully saturated rings. The molecule has 3 aromatic rings. The van der Waals surface area contributed by atoms with Crippen molar-refractivity contribution in [2.75, 3.05) is 13.1 Å². The molecule has 0 atom stereocenters. The van der Waals surface area contributed by atoms with Crippen LogP contribution in [0.3, 0.4) is 0 Å². The lowest BCUT2D eigenvalue weighted by molar-refractivity contribution is 0.459. The van der Waals surface area contributed by atoms with E-state index in [-0.39, 0.29) is 0 Å². The molecule has 0 radical (unpaired) electrons. The third kappa shape index (κ3) is 3.42. The van der Waals surface area contributed by atoms with Crippen molar-refractivity contribution in [2.45, 2.75) is 44.4 Å². The van der Waals surface area contributed by atoms with Gasteiger partial charge in [-0.05, 0) is 57.7 Å². The number of benzene rings is 1. The van der Waals surface area contributed by atoms with Crippen LogP contribution in [0.1, 0.15) is 53.7 Å². The molecule has 1 aromatic carbocycles. The number of nitrogens with one attached hydrogen (secondary N) is 1. The van der Waals surface area contributed by atoms with E-state index in [1.165, 1.54) is 52.3 Å². The molecule has 1 saturated carbocycles. The fourth-order valence-electron chi connectivity index (χ4n) is 3.95. The first-order valence-electron chi connectivity index (χ1n) is 9.88. The minimum absolute atomic E-state index is 0.555. The average molecular weight is 377 g/mol. The van der Waals surface area contributed by atoms with Crippen LogP contribution in [0.15, 0.2) is 36.8 Å². The number of nitrogens with zero attached hydrogens (tertiary/aromatic N) is 3. The maximum atomic E-state index is 5.17. The van der Waals surface area contributed by atoms with Crippen molar-refractivity contribution in [3.8, 4) is 21.8 Å². The van der Waals surface area contributed by atoms with Crippen LogP contribution in [-0.2, 0) is 0 Å². The van der Waals surface area contributed by atoms with Crippen molar-refractivity contribution in [3.63, 3.8) is 0 Å². The molecule has 5 rings (SSSR count). The Balaban J connectivity index is 1.65. The number of hydrogen-bond donors (Lipinski definition) is 1. The fourth-order valence-corrected chi connectivity index (χ4v) is 5.23. The Morgan fingerprint density at radius 2 is 1.89 bits per heavy atom. The highest BCUT2D eigenvalue weighted by Crippen LogP contribution is 2.47. The molecule has 5 heteroatoms. The van der Waals surface area contributed by atoms with Crippen LogP contribution in [0.5, 0.6) is 0 Å². The predicted octanol–water partition coefficient (Wildman–Crippen LogP) is 4.92. The van der Waals surface area contributed by atoms with Gasteiger partial charge in [0.2, 0.25) is 0 Å². The minimum Gasteiger partial charge on any atom is -0.317 e. The highest BCUT2D eigenvalue weighted by Gasteiger charge is 2.30. The van der Waals surface area contributed by atoms with Crippen molar-refractivity contribution >= 4 is 11.3 Å². The van der Waals surface area contributed by atoms with Crippen molar-refractivity contribution in [2.24, 2.45) is 0 Å². The summed E-state index contributed by atoms with van der Waals surface area (Å²) >= 11 is 1.85.